The summed E-state index contributed by atoms with van der Waals surface area (Å²) < 4.78 is 5.77. The number of hydrogen-bond acceptors (Lipinski definition) is 3. The molecule has 1 aromatic rings. The maximum Gasteiger partial charge on any atom is 0.0594 e. The summed E-state index contributed by atoms with van der Waals surface area (Å²) >= 11 is 1.87. The molecule has 1 fully saturated rings. The Hall–Kier alpha value is -0.380. The Labute approximate surface area is 108 Å². The molecule has 0 bridgehead atoms. The van der Waals surface area contributed by atoms with E-state index in [1.54, 1.807) is 0 Å². The van der Waals surface area contributed by atoms with E-state index in [0.717, 1.165) is 19.6 Å². The lowest BCUT2D eigenvalue weighted by Gasteiger charge is -2.21. The molecular weight excluding hydrogens is 230 g/mol. The summed E-state index contributed by atoms with van der Waals surface area (Å²) in [4.78, 5) is 1.49. The molecule has 0 aliphatic carbocycles. The van der Waals surface area contributed by atoms with Crippen molar-refractivity contribution in [3.63, 3.8) is 0 Å². The van der Waals surface area contributed by atoms with Gasteiger partial charge in [-0.2, -0.15) is 0 Å². The SMILES string of the molecule is CCCNC(CC1CCCO1)c1sccc1C. The highest BCUT2D eigenvalue weighted by molar-refractivity contribution is 7.10. The molecule has 17 heavy (non-hydrogen) atoms. The molecule has 0 saturated carbocycles. The predicted molar refractivity (Wildman–Crippen MR) is 73.7 cm³/mol. The molecule has 2 rings (SSSR count). The Morgan fingerprint density at radius 3 is 3.06 bits per heavy atom. The molecule has 3 heteroatoms. The molecule has 0 amide bonds. The van der Waals surface area contributed by atoms with E-state index in [1.807, 2.05) is 11.3 Å². The molecule has 2 nitrogen and oxygen atoms in total. The van der Waals surface area contributed by atoms with Gasteiger partial charge >= 0.3 is 0 Å². The second-order valence-corrected chi connectivity index (χ2v) is 5.79. The van der Waals surface area contributed by atoms with Crippen LogP contribution in [0, 0.1) is 6.92 Å². The maximum absolute atomic E-state index is 5.77. The van der Waals surface area contributed by atoms with Crippen LogP contribution in [0.4, 0.5) is 0 Å². The first kappa shape index (κ1) is 13.1. The molecule has 1 aromatic heterocycles. The van der Waals surface area contributed by atoms with Crippen molar-refractivity contribution in [2.45, 2.75) is 51.7 Å². The predicted octanol–water partition coefficient (Wildman–Crippen LogP) is 3.67. The molecule has 1 aliphatic rings. The minimum atomic E-state index is 0.464. The van der Waals surface area contributed by atoms with Crippen molar-refractivity contribution >= 4 is 11.3 Å². The van der Waals surface area contributed by atoms with Gasteiger partial charge in [0.15, 0.2) is 0 Å². The highest BCUT2D eigenvalue weighted by Gasteiger charge is 2.23. The summed E-state index contributed by atoms with van der Waals surface area (Å²) in [6.45, 7) is 6.47. The van der Waals surface area contributed by atoms with Crippen LogP contribution in [0.2, 0.25) is 0 Å². The Kier molecular flexibility index (Phi) is 5.01. The number of thiophene rings is 1. The largest absolute Gasteiger partial charge is 0.378 e. The molecule has 1 N–H and O–H groups in total. The van der Waals surface area contributed by atoms with Gasteiger partial charge in [0, 0.05) is 17.5 Å². The average Bonchev–Trinajstić information content (AvgIpc) is 2.95. The molecule has 1 aliphatic heterocycles. The summed E-state index contributed by atoms with van der Waals surface area (Å²) in [7, 11) is 0. The Morgan fingerprint density at radius 1 is 1.59 bits per heavy atom. The first-order valence-corrected chi connectivity index (χ1v) is 7.58. The summed E-state index contributed by atoms with van der Waals surface area (Å²) in [6, 6.07) is 2.70. The van der Waals surface area contributed by atoms with Gasteiger partial charge in [-0.1, -0.05) is 6.92 Å². The molecule has 0 radical (unpaired) electrons. The minimum Gasteiger partial charge on any atom is -0.378 e. The smallest absolute Gasteiger partial charge is 0.0594 e. The Morgan fingerprint density at radius 2 is 2.47 bits per heavy atom. The van der Waals surface area contributed by atoms with Crippen LogP contribution in [0.25, 0.3) is 0 Å². The lowest BCUT2D eigenvalue weighted by Crippen LogP contribution is -2.26. The lowest BCUT2D eigenvalue weighted by molar-refractivity contribution is 0.0949. The topological polar surface area (TPSA) is 21.3 Å². The quantitative estimate of drug-likeness (QED) is 0.835. The maximum atomic E-state index is 5.77. The second-order valence-electron chi connectivity index (χ2n) is 4.85. The van der Waals surface area contributed by atoms with Gasteiger partial charge in [-0.3, -0.25) is 0 Å². The number of rotatable bonds is 6. The van der Waals surface area contributed by atoms with E-state index >= 15 is 0 Å². The number of aryl methyl sites for hydroxylation is 1. The van der Waals surface area contributed by atoms with Crippen LogP contribution in [-0.2, 0) is 4.74 Å². The first-order valence-electron chi connectivity index (χ1n) is 6.70. The van der Waals surface area contributed by atoms with Crippen LogP contribution >= 0.6 is 11.3 Å². The standard InChI is InChI=1S/C14H23NOS/c1-3-7-15-13(10-12-5-4-8-16-12)14-11(2)6-9-17-14/h6,9,12-13,15H,3-5,7-8,10H2,1-2H3. The van der Waals surface area contributed by atoms with E-state index in [9.17, 15) is 0 Å². The zero-order valence-corrected chi connectivity index (χ0v) is 11.7. The van der Waals surface area contributed by atoms with E-state index in [4.69, 9.17) is 4.74 Å². The van der Waals surface area contributed by atoms with Crippen molar-refractivity contribution < 1.29 is 4.74 Å². The minimum absolute atomic E-state index is 0.464. The van der Waals surface area contributed by atoms with Gasteiger partial charge < -0.3 is 10.1 Å². The van der Waals surface area contributed by atoms with Crippen molar-refractivity contribution in [1.29, 1.82) is 0 Å². The fourth-order valence-corrected chi connectivity index (χ4v) is 3.45. The molecule has 0 aromatic carbocycles. The first-order chi connectivity index (χ1) is 8.31. The van der Waals surface area contributed by atoms with Crippen LogP contribution in [0.3, 0.4) is 0 Å². The van der Waals surface area contributed by atoms with Crippen LogP contribution in [-0.4, -0.2) is 19.3 Å². The number of hydrogen-bond donors (Lipinski definition) is 1. The van der Waals surface area contributed by atoms with Gasteiger partial charge in [0.05, 0.1) is 6.10 Å². The molecular formula is C14H23NOS. The average molecular weight is 253 g/mol. The van der Waals surface area contributed by atoms with Crippen LogP contribution in [0.15, 0.2) is 11.4 Å². The van der Waals surface area contributed by atoms with Gasteiger partial charge in [-0.15, -0.1) is 11.3 Å². The van der Waals surface area contributed by atoms with Crippen molar-refractivity contribution in [2.75, 3.05) is 13.2 Å². The van der Waals surface area contributed by atoms with Gasteiger partial charge in [0.25, 0.3) is 0 Å². The number of ether oxygens (including phenoxy) is 1. The normalized spacial score (nSPS) is 21.9. The lowest BCUT2D eigenvalue weighted by atomic mass is 10.0. The fourth-order valence-electron chi connectivity index (χ4n) is 2.44. The number of nitrogens with one attached hydrogen (secondary N) is 1. The van der Waals surface area contributed by atoms with Crippen molar-refractivity contribution in [3.05, 3.63) is 21.9 Å². The van der Waals surface area contributed by atoms with E-state index in [2.05, 4.69) is 30.6 Å². The van der Waals surface area contributed by atoms with E-state index in [0.29, 0.717) is 12.1 Å². The molecule has 2 heterocycles. The third-order valence-electron chi connectivity index (χ3n) is 3.38. The molecule has 2 atom stereocenters. The van der Waals surface area contributed by atoms with Crippen molar-refractivity contribution in [1.82, 2.24) is 5.32 Å². The zero-order chi connectivity index (χ0) is 12.1. The highest BCUT2D eigenvalue weighted by Crippen LogP contribution is 2.30. The van der Waals surface area contributed by atoms with Crippen molar-refractivity contribution in [3.8, 4) is 0 Å². The van der Waals surface area contributed by atoms with Gasteiger partial charge in [0.1, 0.15) is 0 Å². The van der Waals surface area contributed by atoms with Gasteiger partial charge in [-0.25, -0.2) is 0 Å². The van der Waals surface area contributed by atoms with E-state index in [-0.39, 0.29) is 0 Å². The summed E-state index contributed by atoms with van der Waals surface area (Å²) in [5, 5.41) is 5.87. The van der Waals surface area contributed by atoms with Crippen LogP contribution < -0.4 is 5.32 Å². The third-order valence-corrected chi connectivity index (χ3v) is 4.51. The van der Waals surface area contributed by atoms with Gasteiger partial charge in [0.2, 0.25) is 0 Å². The second kappa shape index (κ2) is 6.53. The van der Waals surface area contributed by atoms with Crippen LogP contribution in [0.1, 0.15) is 49.1 Å². The van der Waals surface area contributed by atoms with E-state index in [1.165, 1.54) is 29.7 Å². The monoisotopic (exact) mass is 253 g/mol. The summed E-state index contributed by atoms with van der Waals surface area (Å²) in [6.07, 6.45) is 5.24. The van der Waals surface area contributed by atoms with Gasteiger partial charge in [-0.05, 0) is 56.2 Å². The summed E-state index contributed by atoms with van der Waals surface area (Å²) in [5.41, 5.74) is 1.42. The third kappa shape index (κ3) is 3.54. The van der Waals surface area contributed by atoms with Crippen LogP contribution in [0.5, 0.6) is 0 Å². The molecule has 1 saturated heterocycles. The Balaban J connectivity index is 1.99. The molecule has 96 valence electrons. The summed E-state index contributed by atoms with van der Waals surface area (Å²) in [5.74, 6) is 0. The fraction of sp³-hybridized carbons (Fsp3) is 0.714. The molecule has 0 spiro atoms. The van der Waals surface area contributed by atoms with E-state index < -0.39 is 0 Å². The Bertz CT molecular complexity index is 331. The highest BCUT2D eigenvalue weighted by atomic mass is 32.1. The zero-order valence-electron chi connectivity index (χ0n) is 10.9. The van der Waals surface area contributed by atoms with Crippen molar-refractivity contribution in [2.24, 2.45) is 0 Å². The molecule has 2 unspecified atom stereocenters.